The van der Waals surface area contributed by atoms with E-state index in [2.05, 4.69) is 10.4 Å². The molecule has 7 nitrogen and oxygen atoms in total. The van der Waals surface area contributed by atoms with Crippen molar-refractivity contribution in [3.63, 3.8) is 0 Å². The van der Waals surface area contributed by atoms with E-state index in [0.29, 0.717) is 11.7 Å². The van der Waals surface area contributed by atoms with Crippen molar-refractivity contribution in [3.8, 4) is 16.9 Å². The Morgan fingerprint density at radius 1 is 1.29 bits per heavy atom. The summed E-state index contributed by atoms with van der Waals surface area (Å²) in [5.74, 6) is 1.04. The second-order valence-corrected chi connectivity index (χ2v) is 6.02. The fourth-order valence-corrected chi connectivity index (χ4v) is 2.94. The van der Waals surface area contributed by atoms with Gasteiger partial charge < -0.3 is 5.73 Å². The fourth-order valence-electron chi connectivity index (χ4n) is 2.94. The van der Waals surface area contributed by atoms with Gasteiger partial charge in [-0.3, -0.25) is 10.00 Å². The van der Waals surface area contributed by atoms with Gasteiger partial charge in [0.15, 0.2) is 0 Å². The van der Waals surface area contributed by atoms with Gasteiger partial charge in [0.1, 0.15) is 11.5 Å². The first-order chi connectivity index (χ1) is 11.6. The number of anilines is 1. The minimum Gasteiger partial charge on any atom is -0.351 e. The molecule has 122 valence electrons. The second-order valence-electron chi connectivity index (χ2n) is 6.02. The maximum atomic E-state index is 11.6. The summed E-state index contributed by atoms with van der Waals surface area (Å²) < 4.78 is 3.50. The summed E-state index contributed by atoms with van der Waals surface area (Å²) >= 11 is 0. The van der Waals surface area contributed by atoms with Crippen molar-refractivity contribution < 1.29 is 4.79 Å². The number of hydrogen-bond donors (Lipinski definition) is 2. The number of nitrogens with one attached hydrogen (secondary N) is 1. The minimum absolute atomic E-state index is 0.388. The molecule has 1 fully saturated rings. The minimum atomic E-state index is -0.591. The number of rotatable bonds is 4. The van der Waals surface area contributed by atoms with E-state index in [4.69, 9.17) is 10.8 Å². The Balaban J connectivity index is 1.94. The standard InChI is InChI=1S/C17H18N6O/c1-22-10-12(9-19-22)15-14(11-7-8-11)16(20-17(18)24)23(21-15)13-5-3-2-4-6-13/h2-6,9-11H,7-8H2,1H3,(H3,18,20,24). The lowest BCUT2D eigenvalue weighted by Crippen LogP contribution is -2.22. The number of hydrogen-bond acceptors (Lipinski definition) is 3. The van der Waals surface area contributed by atoms with Crippen LogP contribution in [0.25, 0.3) is 16.9 Å². The van der Waals surface area contributed by atoms with E-state index in [1.165, 1.54) is 0 Å². The third kappa shape index (κ3) is 2.54. The van der Waals surface area contributed by atoms with Crippen molar-refractivity contribution in [1.82, 2.24) is 19.6 Å². The van der Waals surface area contributed by atoms with E-state index in [1.807, 2.05) is 43.6 Å². The number of carbonyl (C=O) groups is 1. The van der Waals surface area contributed by atoms with Crippen LogP contribution in [0.15, 0.2) is 42.7 Å². The number of para-hydroxylation sites is 1. The molecule has 0 aliphatic heterocycles. The van der Waals surface area contributed by atoms with Crippen molar-refractivity contribution in [2.45, 2.75) is 18.8 Å². The van der Waals surface area contributed by atoms with E-state index in [-0.39, 0.29) is 0 Å². The van der Waals surface area contributed by atoms with Crippen molar-refractivity contribution in [2.75, 3.05) is 5.32 Å². The molecule has 4 rings (SSSR count). The molecule has 0 bridgehead atoms. The topological polar surface area (TPSA) is 90.8 Å². The Bertz CT molecular complexity index is 891. The van der Waals surface area contributed by atoms with E-state index >= 15 is 0 Å². The van der Waals surface area contributed by atoms with Gasteiger partial charge in [-0.1, -0.05) is 18.2 Å². The Labute approximate surface area is 139 Å². The van der Waals surface area contributed by atoms with Crippen molar-refractivity contribution in [3.05, 3.63) is 48.3 Å². The van der Waals surface area contributed by atoms with Crippen molar-refractivity contribution >= 4 is 11.8 Å². The molecule has 1 aromatic carbocycles. The number of primary amides is 1. The highest BCUT2D eigenvalue weighted by atomic mass is 16.2. The van der Waals surface area contributed by atoms with Crippen molar-refractivity contribution in [2.24, 2.45) is 12.8 Å². The lowest BCUT2D eigenvalue weighted by atomic mass is 10.1. The van der Waals surface area contributed by atoms with E-state index < -0.39 is 6.03 Å². The van der Waals surface area contributed by atoms with Crippen LogP contribution in [0.3, 0.4) is 0 Å². The zero-order valence-electron chi connectivity index (χ0n) is 13.3. The molecule has 7 heteroatoms. The lowest BCUT2D eigenvalue weighted by Gasteiger charge is -2.09. The maximum absolute atomic E-state index is 11.6. The molecule has 0 unspecified atom stereocenters. The average Bonchev–Trinajstić information content (AvgIpc) is 3.21. The number of aryl methyl sites for hydroxylation is 1. The molecule has 2 heterocycles. The van der Waals surface area contributed by atoms with Gasteiger partial charge in [-0.25, -0.2) is 9.48 Å². The number of amides is 2. The zero-order valence-corrected chi connectivity index (χ0v) is 13.3. The van der Waals surface area contributed by atoms with Crippen LogP contribution >= 0.6 is 0 Å². The van der Waals surface area contributed by atoms with Gasteiger partial charge in [0.05, 0.1) is 11.9 Å². The van der Waals surface area contributed by atoms with E-state index in [1.54, 1.807) is 15.6 Å². The summed E-state index contributed by atoms with van der Waals surface area (Å²) in [4.78, 5) is 11.6. The molecule has 0 atom stereocenters. The molecule has 1 saturated carbocycles. The average molecular weight is 322 g/mol. The second kappa shape index (κ2) is 5.52. The molecule has 2 aromatic heterocycles. The van der Waals surface area contributed by atoms with Gasteiger partial charge in [0, 0.05) is 24.4 Å². The normalized spacial score (nSPS) is 13.9. The Morgan fingerprint density at radius 2 is 2.04 bits per heavy atom. The summed E-state index contributed by atoms with van der Waals surface area (Å²) in [7, 11) is 1.87. The molecule has 0 saturated heterocycles. The summed E-state index contributed by atoms with van der Waals surface area (Å²) in [6.07, 6.45) is 5.89. The fraction of sp³-hybridized carbons (Fsp3) is 0.235. The SMILES string of the molecule is Cn1cc(-c2nn(-c3ccccc3)c(NC(N)=O)c2C2CC2)cn1. The molecule has 3 N–H and O–H groups in total. The smallest absolute Gasteiger partial charge is 0.317 e. The maximum Gasteiger partial charge on any atom is 0.317 e. The highest BCUT2D eigenvalue weighted by Gasteiger charge is 2.34. The number of urea groups is 1. The van der Waals surface area contributed by atoms with Gasteiger partial charge in [-0.15, -0.1) is 0 Å². The number of nitrogens with two attached hydrogens (primary N) is 1. The Morgan fingerprint density at radius 3 is 2.62 bits per heavy atom. The van der Waals surface area contributed by atoms with Crippen molar-refractivity contribution in [1.29, 1.82) is 0 Å². The lowest BCUT2D eigenvalue weighted by molar-refractivity contribution is 0.259. The molecule has 1 aliphatic carbocycles. The molecule has 0 radical (unpaired) electrons. The largest absolute Gasteiger partial charge is 0.351 e. The third-order valence-corrected chi connectivity index (χ3v) is 4.13. The number of carbonyl (C=O) groups excluding carboxylic acids is 1. The van der Waals surface area contributed by atoms with E-state index in [0.717, 1.165) is 35.3 Å². The third-order valence-electron chi connectivity index (χ3n) is 4.13. The van der Waals surface area contributed by atoms with Gasteiger partial charge in [0.25, 0.3) is 0 Å². The highest BCUT2D eigenvalue weighted by molar-refractivity contribution is 5.90. The first-order valence-corrected chi connectivity index (χ1v) is 7.87. The molecular weight excluding hydrogens is 304 g/mol. The number of nitrogens with zero attached hydrogens (tertiary/aromatic N) is 4. The molecule has 24 heavy (non-hydrogen) atoms. The van der Waals surface area contributed by atoms with Crippen LogP contribution in [0.5, 0.6) is 0 Å². The predicted octanol–water partition coefficient (Wildman–Crippen LogP) is 2.64. The number of aromatic nitrogens is 4. The molecule has 3 aromatic rings. The summed E-state index contributed by atoms with van der Waals surface area (Å²) in [5, 5.41) is 11.8. The Kier molecular flexibility index (Phi) is 3.34. The quantitative estimate of drug-likeness (QED) is 0.773. The van der Waals surface area contributed by atoms with Gasteiger partial charge in [-0.05, 0) is 30.9 Å². The zero-order chi connectivity index (χ0) is 16.7. The highest BCUT2D eigenvalue weighted by Crippen LogP contribution is 2.48. The molecule has 0 spiro atoms. The summed E-state index contributed by atoms with van der Waals surface area (Å²) in [5.41, 5.74) is 9.09. The van der Waals surface area contributed by atoms with Gasteiger partial charge in [-0.2, -0.15) is 10.2 Å². The summed E-state index contributed by atoms with van der Waals surface area (Å²) in [6, 6.07) is 9.12. The summed E-state index contributed by atoms with van der Waals surface area (Å²) in [6.45, 7) is 0. The van der Waals surface area contributed by atoms with Gasteiger partial charge >= 0.3 is 6.03 Å². The van der Waals surface area contributed by atoms with Crippen LogP contribution < -0.4 is 11.1 Å². The van der Waals surface area contributed by atoms with Gasteiger partial charge in [0.2, 0.25) is 0 Å². The van der Waals surface area contributed by atoms with Crippen LogP contribution in [-0.2, 0) is 7.05 Å². The van der Waals surface area contributed by atoms with Crippen LogP contribution in [0.4, 0.5) is 10.6 Å². The first kappa shape index (κ1) is 14.5. The predicted molar refractivity (Wildman–Crippen MR) is 90.9 cm³/mol. The molecule has 2 amide bonds. The first-order valence-electron chi connectivity index (χ1n) is 7.87. The van der Waals surface area contributed by atoms with Crippen LogP contribution in [0.2, 0.25) is 0 Å². The number of benzene rings is 1. The van der Waals surface area contributed by atoms with Crippen LogP contribution in [0, 0.1) is 0 Å². The Hall–Kier alpha value is -3.09. The molecule has 1 aliphatic rings. The van der Waals surface area contributed by atoms with Crippen LogP contribution in [0.1, 0.15) is 24.3 Å². The molecular formula is C17H18N6O. The van der Waals surface area contributed by atoms with Crippen LogP contribution in [-0.4, -0.2) is 25.6 Å². The monoisotopic (exact) mass is 322 g/mol. The van der Waals surface area contributed by atoms with E-state index in [9.17, 15) is 4.79 Å².